The molecule has 2 atom stereocenters. The molecule has 2 aliphatic heterocycles. The number of nitrogens with zero attached hydrogens (tertiary/aromatic N) is 5. The van der Waals surface area contributed by atoms with Crippen LogP contribution in [0, 0.1) is 0 Å². The first-order valence-corrected chi connectivity index (χ1v) is 12.7. The summed E-state index contributed by atoms with van der Waals surface area (Å²) in [6, 6.07) is 6.66. The lowest BCUT2D eigenvalue weighted by Gasteiger charge is -2.41. The maximum absolute atomic E-state index is 12.7. The second-order valence-electron chi connectivity index (χ2n) is 8.26. The van der Waals surface area contributed by atoms with Gasteiger partial charge in [-0.3, -0.25) is 14.0 Å². The predicted octanol–water partition coefficient (Wildman–Crippen LogP) is 2.95. The Morgan fingerprint density at radius 2 is 1.94 bits per heavy atom. The maximum atomic E-state index is 12.7. The molecule has 3 aromatic rings. The van der Waals surface area contributed by atoms with Gasteiger partial charge >= 0.3 is 6.03 Å². The van der Waals surface area contributed by atoms with Crippen molar-refractivity contribution in [2.45, 2.75) is 36.2 Å². The van der Waals surface area contributed by atoms with Crippen LogP contribution in [0.2, 0.25) is 0 Å². The molecule has 5 rings (SSSR count). The number of fused-ring (bicyclic) bond motifs is 1. The van der Waals surface area contributed by atoms with Crippen molar-refractivity contribution in [3.8, 4) is 0 Å². The first-order chi connectivity index (χ1) is 14.9. The summed E-state index contributed by atoms with van der Waals surface area (Å²) < 4.78 is 12.8. The van der Waals surface area contributed by atoms with Gasteiger partial charge in [-0.1, -0.05) is 6.07 Å². The molecule has 0 bridgehead atoms. The van der Waals surface area contributed by atoms with E-state index in [4.69, 9.17) is 0 Å². The fraction of sp³-hybridized carbons (Fsp3) is 0.429. The van der Waals surface area contributed by atoms with E-state index in [1.54, 1.807) is 22.5 Å². The summed E-state index contributed by atoms with van der Waals surface area (Å²) in [6.45, 7) is 4.59. The molecule has 1 N–H and O–H groups in total. The molecule has 2 saturated heterocycles. The highest BCUT2D eigenvalue weighted by Gasteiger charge is 2.46. The fourth-order valence-electron chi connectivity index (χ4n) is 4.44. The van der Waals surface area contributed by atoms with Gasteiger partial charge in [-0.05, 0) is 37.5 Å². The first-order valence-electron chi connectivity index (χ1n) is 10.3. The summed E-state index contributed by atoms with van der Waals surface area (Å²) in [5.74, 6) is 0.357. The van der Waals surface area contributed by atoms with Crippen molar-refractivity contribution in [2.75, 3.05) is 30.8 Å². The van der Waals surface area contributed by atoms with Crippen LogP contribution in [-0.2, 0) is 10.8 Å². The molecule has 1 aromatic carbocycles. The molecule has 2 fully saturated rings. The van der Waals surface area contributed by atoms with Gasteiger partial charge in [-0.15, -0.1) is 11.3 Å². The summed E-state index contributed by atoms with van der Waals surface area (Å²) in [7, 11) is -1.14. The van der Waals surface area contributed by atoms with Crippen LogP contribution in [0.5, 0.6) is 0 Å². The molecule has 162 valence electrons. The number of amides is 2. The number of rotatable bonds is 4. The standard InChI is InChI=1S/C21H24N6O2S2/c1-14(15-3-4-18-17(9-15)24-13-30-18)26-7-5-21(6-8-26)12-27(20(28)25-21)19-22-10-16(11-23-19)31(2)29/h3-4,9-11,13-14H,5-8,12H2,1-2H3,(H,25,28). The van der Waals surface area contributed by atoms with Gasteiger partial charge in [0, 0.05) is 37.8 Å². The van der Waals surface area contributed by atoms with Crippen molar-refractivity contribution >= 4 is 44.3 Å². The van der Waals surface area contributed by atoms with Crippen molar-refractivity contribution < 1.29 is 9.00 Å². The SMILES string of the molecule is CC(c1ccc2scnc2c1)N1CCC2(CC1)CN(c1ncc(S(C)=O)cn1)C(=O)N2. The van der Waals surface area contributed by atoms with Crippen LogP contribution in [0.15, 0.2) is 41.0 Å². The number of thiazole rings is 1. The van der Waals surface area contributed by atoms with Crippen LogP contribution in [0.3, 0.4) is 0 Å². The van der Waals surface area contributed by atoms with E-state index in [9.17, 15) is 9.00 Å². The smallest absolute Gasteiger partial charge is 0.324 e. The lowest BCUT2D eigenvalue weighted by atomic mass is 9.87. The fourth-order valence-corrected chi connectivity index (χ4v) is 5.50. The van der Waals surface area contributed by atoms with E-state index in [0.717, 1.165) is 31.4 Å². The van der Waals surface area contributed by atoms with Gasteiger partial charge in [0.2, 0.25) is 5.95 Å². The minimum atomic E-state index is -1.14. The van der Waals surface area contributed by atoms with Gasteiger partial charge in [0.1, 0.15) is 0 Å². The van der Waals surface area contributed by atoms with Gasteiger partial charge in [0.05, 0.1) is 43.5 Å². The highest BCUT2D eigenvalue weighted by atomic mass is 32.2. The number of carbonyl (C=O) groups excluding carboxylic acids is 1. The number of carbonyl (C=O) groups is 1. The molecule has 10 heteroatoms. The molecular formula is C21H24N6O2S2. The Hall–Kier alpha value is -2.43. The van der Waals surface area contributed by atoms with E-state index in [-0.39, 0.29) is 11.6 Å². The Balaban J connectivity index is 1.26. The van der Waals surface area contributed by atoms with Gasteiger partial charge in [0.25, 0.3) is 0 Å². The number of hydrogen-bond donors (Lipinski definition) is 1. The van der Waals surface area contributed by atoms with Crippen molar-refractivity contribution in [3.63, 3.8) is 0 Å². The molecule has 1 spiro atoms. The van der Waals surface area contributed by atoms with E-state index in [1.165, 1.54) is 22.7 Å². The Labute approximate surface area is 187 Å². The molecule has 8 nitrogen and oxygen atoms in total. The first kappa shape index (κ1) is 20.5. The third-order valence-electron chi connectivity index (χ3n) is 6.41. The summed E-state index contributed by atoms with van der Waals surface area (Å²) in [5, 5.41) is 3.19. The number of urea groups is 1. The number of nitrogens with one attached hydrogen (secondary N) is 1. The van der Waals surface area contributed by atoms with Crippen molar-refractivity contribution in [2.24, 2.45) is 0 Å². The molecule has 2 unspecified atom stereocenters. The predicted molar refractivity (Wildman–Crippen MR) is 122 cm³/mol. The van der Waals surface area contributed by atoms with Gasteiger partial charge in [0.15, 0.2) is 0 Å². The minimum absolute atomic E-state index is 0.166. The average molecular weight is 457 g/mol. The monoisotopic (exact) mass is 456 g/mol. The van der Waals surface area contributed by atoms with E-state index < -0.39 is 10.8 Å². The number of likely N-dealkylation sites (tertiary alicyclic amines) is 1. The number of piperidine rings is 1. The van der Waals surface area contributed by atoms with Crippen LogP contribution in [0.1, 0.15) is 31.4 Å². The third-order valence-corrected chi connectivity index (χ3v) is 8.09. The number of hydrogen-bond acceptors (Lipinski definition) is 7. The third kappa shape index (κ3) is 3.83. The largest absolute Gasteiger partial charge is 0.330 e. The quantitative estimate of drug-likeness (QED) is 0.649. The maximum Gasteiger partial charge on any atom is 0.324 e. The van der Waals surface area contributed by atoms with E-state index in [2.05, 4.69) is 50.3 Å². The normalized spacial score (nSPS) is 20.8. The van der Waals surface area contributed by atoms with Gasteiger partial charge in [-0.2, -0.15) is 0 Å². The molecular weight excluding hydrogens is 432 g/mol. The lowest BCUT2D eigenvalue weighted by Crippen LogP contribution is -2.52. The molecule has 0 radical (unpaired) electrons. The number of benzene rings is 1. The number of aromatic nitrogens is 3. The Morgan fingerprint density at radius 3 is 2.65 bits per heavy atom. The van der Waals surface area contributed by atoms with E-state index in [0.29, 0.717) is 23.4 Å². The Bertz CT molecular complexity index is 1140. The summed E-state index contributed by atoms with van der Waals surface area (Å²) in [5.41, 5.74) is 3.95. The van der Waals surface area contributed by atoms with E-state index >= 15 is 0 Å². The topological polar surface area (TPSA) is 91.3 Å². The molecule has 2 aromatic heterocycles. The highest BCUT2D eigenvalue weighted by Crippen LogP contribution is 2.34. The van der Waals surface area contributed by atoms with Crippen LogP contribution >= 0.6 is 11.3 Å². The molecule has 0 saturated carbocycles. The van der Waals surface area contributed by atoms with Crippen LogP contribution < -0.4 is 10.2 Å². The summed E-state index contributed by atoms with van der Waals surface area (Å²) in [6.07, 6.45) is 6.38. The molecule has 31 heavy (non-hydrogen) atoms. The molecule has 0 aliphatic carbocycles. The van der Waals surface area contributed by atoms with Crippen molar-refractivity contribution in [1.29, 1.82) is 0 Å². The van der Waals surface area contributed by atoms with Gasteiger partial charge < -0.3 is 5.32 Å². The Morgan fingerprint density at radius 1 is 1.19 bits per heavy atom. The Kier molecular flexibility index (Phi) is 5.23. The van der Waals surface area contributed by atoms with Crippen LogP contribution in [-0.4, -0.2) is 61.5 Å². The zero-order chi connectivity index (χ0) is 21.6. The van der Waals surface area contributed by atoms with E-state index in [1.807, 2.05) is 5.51 Å². The highest BCUT2D eigenvalue weighted by molar-refractivity contribution is 7.84. The molecule has 2 amide bonds. The van der Waals surface area contributed by atoms with Crippen LogP contribution in [0.4, 0.5) is 10.7 Å². The van der Waals surface area contributed by atoms with Gasteiger partial charge in [-0.25, -0.2) is 19.7 Å². The summed E-state index contributed by atoms with van der Waals surface area (Å²) >= 11 is 1.66. The van der Waals surface area contributed by atoms with Crippen LogP contribution in [0.25, 0.3) is 10.2 Å². The molecule has 4 heterocycles. The zero-order valence-corrected chi connectivity index (χ0v) is 19.1. The minimum Gasteiger partial charge on any atom is -0.330 e. The second kappa shape index (κ2) is 7.92. The van der Waals surface area contributed by atoms with Crippen molar-refractivity contribution in [3.05, 3.63) is 41.7 Å². The second-order valence-corrected chi connectivity index (χ2v) is 10.5. The zero-order valence-electron chi connectivity index (χ0n) is 17.4. The average Bonchev–Trinajstić information content (AvgIpc) is 3.37. The number of anilines is 1. The van der Waals surface area contributed by atoms with Crippen molar-refractivity contribution in [1.82, 2.24) is 25.2 Å². The lowest BCUT2D eigenvalue weighted by molar-refractivity contribution is 0.121. The summed E-state index contributed by atoms with van der Waals surface area (Å²) in [4.78, 5) is 30.2. The molecule has 2 aliphatic rings.